The Morgan fingerprint density at radius 2 is 1.74 bits per heavy atom. The van der Waals surface area contributed by atoms with E-state index in [0.717, 1.165) is 50.8 Å². The molecule has 2 aromatic rings. The summed E-state index contributed by atoms with van der Waals surface area (Å²) in [4.78, 5) is 31.6. The van der Waals surface area contributed by atoms with Crippen molar-refractivity contribution in [2.45, 2.75) is 57.0 Å². The number of carbonyl (C=O) groups excluding carboxylic acids is 2. The Balaban J connectivity index is 1.51. The van der Waals surface area contributed by atoms with Gasteiger partial charge in [0.1, 0.15) is 11.8 Å². The van der Waals surface area contributed by atoms with Crippen LogP contribution in [0.25, 0.3) is 0 Å². The molecule has 0 bridgehead atoms. The first-order valence-corrected chi connectivity index (χ1v) is 11.5. The second kappa shape index (κ2) is 8.37. The molecule has 3 aliphatic rings. The lowest BCUT2D eigenvalue weighted by Gasteiger charge is -2.37. The van der Waals surface area contributed by atoms with E-state index in [-0.39, 0.29) is 17.9 Å². The van der Waals surface area contributed by atoms with Gasteiger partial charge in [0.05, 0.1) is 12.7 Å². The zero-order chi connectivity index (χ0) is 21.4. The van der Waals surface area contributed by atoms with Crippen molar-refractivity contribution in [2.24, 2.45) is 5.92 Å². The van der Waals surface area contributed by atoms with Crippen LogP contribution in [0.2, 0.25) is 0 Å². The summed E-state index contributed by atoms with van der Waals surface area (Å²) in [5, 5.41) is 0. The molecule has 162 valence electrons. The molecule has 5 nitrogen and oxygen atoms in total. The lowest BCUT2D eigenvalue weighted by molar-refractivity contribution is -0.122. The lowest BCUT2D eigenvalue weighted by Crippen LogP contribution is -2.51. The van der Waals surface area contributed by atoms with Gasteiger partial charge in [-0.2, -0.15) is 0 Å². The number of hydrogen-bond acceptors (Lipinski definition) is 3. The summed E-state index contributed by atoms with van der Waals surface area (Å²) >= 11 is 0. The highest BCUT2D eigenvalue weighted by molar-refractivity contribution is 6.04. The summed E-state index contributed by atoms with van der Waals surface area (Å²) in [6, 6.07) is 15.3. The maximum Gasteiger partial charge on any atom is 0.258 e. The van der Waals surface area contributed by atoms with E-state index in [4.69, 9.17) is 4.74 Å². The van der Waals surface area contributed by atoms with Crippen molar-refractivity contribution in [3.05, 3.63) is 59.7 Å². The summed E-state index contributed by atoms with van der Waals surface area (Å²) in [5.41, 5.74) is 2.78. The van der Waals surface area contributed by atoms with Gasteiger partial charge in [-0.3, -0.25) is 9.59 Å². The Labute approximate surface area is 184 Å². The van der Waals surface area contributed by atoms with Crippen LogP contribution >= 0.6 is 0 Å². The van der Waals surface area contributed by atoms with Gasteiger partial charge in [0.15, 0.2) is 0 Å². The first kappa shape index (κ1) is 20.1. The molecule has 5 heteroatoms. The monoisotopic (exact) mass is 418 g/mol. The smallest absolute Gasteiger partial charge is 0.258 e. The van der Waals surface area contributed by atoms with Gasteiger partial charge in [-0.25, -0.2) is 0 Å². The van der Waals surface area contributed by atoms with Crippen molar-refractivity contribution >= 4 is 17.5 Å². The summed E-state index contributed by atoms with van der Waals surface area (Å²) in [7, 11) is 1.59. The minimum absolute atomic E-state index is 0.0736. The van der Waals surface area contributed by atoms with E-state index < -0.39 is 6.04 Å². The van der Waals surface area contributed by atoms with Crippen molar-refractivity contribution in [3.8, 4) is 5.75 Å². The minimum Gasteiger partial charge on any atom is -0.496 e. The summed E-state index contributed by atoms with van der Waals surface area (Å²) < 4.78 is 5.48. The summed E-state index contributed by atoms with van der Waals surface area (Å²) in [6.07, 6.45) is 7.11. The van der Waals surface area contributed by atoms with Crippen LogP contribution in [0.15, 0.2) is 48.5 Å². The Kier molecular flexibility index (Phi) is 5.43. The topological polar surface area (TPSA) is 49.9 Å². The molecule has 3 atom stereocenters. The molecule has 5 rings (SSSR count). The maximum absolute atomic E-state index is 13.9. The van der Waals surface area contributed by atoms with E-state index in [2.05, 4.69) is 6.07 Å². The highest BCUT2D eigenvalue weighted by atomic mass is 16.5. The third kappa shape index (κ3) is 3.50. The molecule has 2 fully saturated rings. The van der Waals surface area contributed by atoms with E-state index in [0.29, 0.717) is 17.2 Å². The summed E-state index contributed by atoms with van der Waals surface area (Å²) in [6.45, 7) is 0.721. The van der Waals surface area contributed by atoms with Gasteiger partial charge >= 0.3 is 0 Å². The zero-order valence-corrected chi connectivity index (χ0v) is 18.1. The molecule has 0 spiro atoms. The van der Waals surface area contributed by atoms with Gasteiger partial charge in [-0.1, -0.05) is 43.2 Å². The van der Waals surface area contributed by atoms with Crippen LogP contribution in [-0.2, 0) is 11.2 Å². The standard InChI is InChI=1S/C26H30N2O3/c1-31-24-15-7-4-12-20(24)25(29)28-22-14-6-3-10-19(22)17-23(28)26(30)27-16-8-11-18-9-2-5-13-21(18)27/h2,4-5,7,9,12-13,15,19,22-23H,3,6,8,10-11,14,16-17H2,1H3. The van der Waals surface area contributed by atoms with E-state index in [9.17, 15) is 9.59 Å². The average molecular weight is 419 g/mol. The van der Waals surface area contributed by atoms with Crippen molar-refractivity contribution < 1.29 is 14.3 Å². The Morgan fingerprint density at radius 3 is 2.61 bits per heavy atom. The number of hydrogen-bond donors (Lipinski definition) is 0. The van der Waals surface area contributed by atoms with Crippen molar-refractivity contribution in [1.29, 1.82) is 0 Å². The predicted octanol–water partition coefficient (Wildman–Crippen LogP) is 4.45. The molecule has 2 aliphatic heterocycles. The Bertz CT molecular complexity index is 988. The average Bonchev–Trinajstić information content (AvgIpc) is 3.22. The second-order valence-corrected chi connectivity index (χ2v) is 9.00. The normalized spacial score (nSPS) is 25.0. The molecular formula is C26H30N2O3. The number of para-hydroxylation sites is 2. The van der Waals surface area contributed by atoms with Crippen LogP contribution in [0.1, 0.15) is 54.4 Å². The summed E-state index contributed by atoms with van der Waals surface area (Å²) in [5.74, 6) is 0.975. The molecule has 0 aromatic heterocycles. The molecule has 0 N–H and O–H groups in total. The Morgan fingerprint density at radius 1 is 0.968 bits per heavy atom. The van der Waals surface area contributed by atoms with Crippen molar-refractivity contribution in [1.82, 2.24) is 4.90 Å². The van der Waals surface area contributed by atoms with Gasteiger partial charge in [0.25, 0.3) is 5.91 Å². The van der Waals surface area contributed by atoms with E-state index in [1.54, 1.807) is 7.11 Å². The molecular weight excluding hydrogens is 388 g/mol. The fourth-order valence-corrected chi connectivity index (χ4v) is 5.88. The maximum atomic E-state index is 13.9. The van der Waals surface area contributed by atoms with Crippen molar-refractivity contribution in [3.63, 3.8) is 0 Å². The molecule has 31 heavy (non-hydrogen) atoms. The number of anilines is 1. The molecule has 1 saturated heterocycles. The first-order valence-electron chi connectivity index (χ1n) is 11.5. The highest BCUT2D eigenvalue weighted by Crippen LogP contribution is 2.42. The molecule has 3 unspecified atom stereocenters. The lowest BCUT2D eigenvalue weighted by atomic mass is 9.84. The SMILES string of the molecule is COc1ccccc1C(=O)N1C(C(=O)N2CCCc3ccccc32)CC2CCCCC21. The van der Waals surface area contributed by atoms with Crippen LogP contribution in [0.4, 0.5) is 5.69 Å². The zero-order valence-electron chi connectivity index (χ0n) is 18.1. The third-order valence-electron chi connectivity index (χ3n) is 7.32. The fourth-order valence-electron chi connectivity index (χ4n) is 5.88. The van der Waals surface area contributed by atoms with E-state index >= 15 is 0 Å². The largest absolute Gasteiger partial charge is 0.496 e. The number of benzene rings is 2. The molecule has 2 aromatic carbocycles. The quantitative estimate of drug-likeness (QED) is 0.740. The number of methoxy groups -OCH3 is 1. The predicted molar refractivity (Wildman–Crippen MR) is 120 cm³/mol. The van der Waals surface area contributed by atoms with Gasteiger partial charge < -0.3 is 14.5 Å². The van der Waals surface area contributed by atoms with Gasteiger partial charge in [-0.15, -0.1) is 0 Å². The number of amides is 2. The number of fused-ring (bicyclic) bond motifs is 2. The number of likely N-dealkylation sites (tertiary alicyclic amines) is 1. The van der Waals surface area contributed by atoms with Gasteiger partial charge in [-0.05, 0) is 61.8 Å². The second-order valence-electron chi connectivity index (χ2n) is 9.00. The molecule has 2 heterocycles. The van der Waals surface area contributed by atoms with E-state index in [1.807, 2.05) is 52.3 Å². The molecule has 1 aliphatic carbocycles. The number of nitrogens with zero attached hydrogens (tertiary/aromatic N) is 2. The highest BCUT2D eigenvalue weighted by Gasteiger charge is 2.49. The van der Waals surface area contributed by atoms with Crippen LogP contribution in [0, 0.1) is 5.92 Å². The van der Waals surface area contributed by atoms with Gasteiger partial charge in [0.2, 0.25) is 5.91 Å². The molecule has 2 amide bonds. The Hall–Kier alpha value is -2.82. The minimum atomic E-state index is -0.406. The molecule has 1 saturated carbocycles. The third-order valence-corrected chi connectivity index (χ3v) is 7.32. The number of ether oxygens (including phenoxy) is 1. The van der Waals surface area contributed by atoms with Crippen LogP contribution in [0.5, 0.6) is 5.75 Å². The number of carbonyl (C=O) groups is 2. The number of rotatable bonds is 3. The van der Waals surface area contributed by atoms with E-state index in [1.165, 1.54) is 12.0 Å². The molecule has 0 radical (unpaired) electrons. The van der Waals surface area contributed by atoms with Crippen LogP contribution in [-0.4, -0.2) is 42.5 Å². The van der Waals surface area contributed by atoms with Gasteiger partial charge in [0, 0.05) is 18.3 Å². The first-order chi connectivity index (χ1) is 15.2. The van der Waals surface area contributed by atoms with Crippen molar-refractivity contribution in [2.75, 3.05) is 18.6 Å². The van der Waals surface area contributed by atoms with Crippen LogP contribution < -0.4 is 9.64 Å². The van der Waals surface area contributed by atoms with Crippen LogP contribution in [0.3, 0.4) is 0 Å². The number of aryl methyl sites for hydroxylation is 1. The fraction of sp³-hybridized carbons (Fsp3) is 0.462.